The molecule has 3 rings (SSSR count). The lowest BCUT2D eigenvalue weighted by Crippen LogP contribution is -2.48. The Kier molecular flexibility index (Phi) is 13.0. The maximum Gasteiger partial charge on any atom is 0.269 e. The summed E-state index contributed by atoms with van der Waals surface area (Å²) in [4.78, 5) is 13.0. The molecule has 2 atom stereocenters. The molecule has 0 saturated carbocycles. The minimum atomic E-state index is -1.25. The van der Waals surface area contributed by atoms with Crippen molar-refractivity contribution in [3.63, 3.8) is 0 Å². The minimum Gasteiger partial charge on any atom is -0.494 e. The van der Waals surface area contributed by atoms with Crippen LogP contribution >= 0.6 is 8.53 Å². The Morgan fingerprint density at radius 1 is 1.11 bits per heavy atom. The maximum absolute atomic E-state index is 11.0. The third-order valence-corrected chi connectivity index (χ3v) is 9.77. The van der Waals surface area contributed by atoms with E-state index < -0.39 is 13.4 Å². The summed E-state index contributed by atoms with van der Waals surface area (Å²) in [5.41, 5.74) is 3.42. The molecule has 1 aliphatic rings. The molecule has 0 N–H and O–H groups in total. The number of fused-ring (bicyclic) bond motifs is 1. The first kappa shape index (κ1) is 35.3. The predicted octanol–water partition coefficient (Wildman–Crippen LogP) is 9.18. The lowest BCUT2D eigenvalue weighted by atomic mass is 9.79. The van der Waals surface area contributed by atoms with Crippen LogP contribution in [0.1, 0.15) is 85.6 Å². The molecule has 1 heterocycles. The summed E-state index contributed by atoms with van der Waals surface area (Å²) in [5.74, 6) is 0.932. The number of nitro benzene ring substituents is 1. The first-order valence-corrected chi connectivity index (χ1v) is 16.4. The zero-order chi connectivity index (χ0) is 32.4. The molecule has 0 radical (unpaired) electrons. The molecule has 0 aliphatic carbocycles. The SMILES string of the molecule is COc1cc2c(cc1N=Nc1ccc([N+](=O)[O-])cc1)C(C)CC(C)(C)N2CCCCOP(OCCC#N)N(C(C)C)C(C)C. The van der Waals surface area contributed by atoms with Crippen LogP contribution < -0.4 is 9.64 Å². The Hall–Kier alpha value is -3.16. The molecule has 2 unspecified atom stereocenters. The highest BCUT2D eigenvalue weighted by Crippen LogP contribution is 2.48. The minimum absolute atomic E-state index is 0.0104. The third kappa shape index (κ3) is 9.18. The van der Waals surface area contributed by atoms with Gasteiger partial charge in [0.05, 0.1) is 43.4 Å². The average molecular weight is 627 g/mol. The van der Waals surface area contributed by atoms with Crippen molar-refractivity contribution in [2.24, 2.45) is 10.2 Å². The highest BCUT2D eigenvalue weighted by atomic mass is 31.2. The van der Waals surface area contributed by atoms with Crippen LogP contribution in [0.4, 0.5) is 22.7 Å². The highest BCUT2D eigenvalue weighted by molar-refractivity contribution is 7.44. The van der Waals surface area contributed by atoms with E-state index >= 15 is 0 Å². The number of benzene rings is 2. The van der Waals surface area contributed by atoms with Gasteiger partial charge in [-0.3, -0.25) is 10.1 Å². The van der Waals surface area contributed by atoms with Crippen molar-refractivity contribution in [3.05, 3.63) is 52.1 Å². The van der Waals surface area contributed by atoms with Gasteiger partial charge in [-0.2, -0.15) is 10.4 Å². The smallest absolute Gasteiger partial charge is 0.269 e. The lowest BCUT2D eigenvalue weighted by molar-refractivity contribution is -0.384. The van der Waals surface area contributed by atoms with Gasteiger partial charge >= 0.3 is 0 Å². The number of unbranched alkanes of at least 4 members (excludes halogenated alkanes) is 1. The first-order valence-electron chi connectivity index (χ1n) is 15.3. The molecular weight excluding hydrogens is 579 g/mol. The molecule has 11 nitrogen and oxygen atoms in total. The molecule has 44 heavy (non-hydrogen) atoms. The number of hydrogen-bond donors (Lipinski definition) is 0. The summed E-state index contributed by atoms with van der Waals surface area (Å²) in [6, 6.07) is 12.8. The van der Waals surface area contributed by atoms with Crippen molar-refractivity contribution in [1.82, 2.24) is 4.67 Å². The van der Waals surface area contributed by atoms with Crippen LogP contribution in [0.25, 0.3) is 0 Å². The molecule has 0 bridgehead atoms. The monoisotopic (exact) mass is 626 g/mol. The lowest BCUT2D eigenvalue weighted by Gasteiger charge is -2.48. The fraction of sp³-hybridized carbons (Fsp3) is 0.594. The fourth-order valence-electron chi connectivity index (χ4n) is 5.74. The first-order chi connectivity index (χ1) is 20.9. The molecule has 0 amide bonds. The van der Waals surface area contributed by atoms with E-state index in [9.17, 15) is 10.1 Å². The van der Waals surface area contributed by atoms with Crippen molar-refractivity contribution in [1.29, 1.82) is 5.26 Å². The fourth-order valence-corrected chi connectivity index (χ4v) is 7.37. The van der Waals surface area contributed by atoms with E-state index in [2.05, 4.69) is 86.5 Å². The summed E-state index contributed by atoms with van der Waals surface area (Å²) < 4.78 is 20.3. The van der Waals surface area contributed by atoms with E-state index in [1.807, 2.05) is 0 Å². The van der Waals surface area contributed by atoms with E-state index in [0.29, 0.717) is 42.7 Å². The Morgan fingerprint density at radius 2 is 1.77 bits per heavy atom. The molecule has 0 aromatic heterocycles. The van der Waals surface area contributed by atoms with E-state index in [4.69, 9.17) is 19.0 Å². The van der Waals surface area contributed by atoms with Crippen molar-refractivity contribution >= 4 is 31.3 Å². The third-order valence-electron chi connectivity index (χ3n) is 7.66. The van der Waals surface area contributed by atoms with E-state index in [-0.39, 0.29) is 23.3 Å². The predicted molar refractivity (Wildman–Crippen MR) is 175 cm³/mol. The molecular formula is C32H47N6O5P. The zero-order valence-corrected chi connectivity index (χ0v) is 28.2. The van der Waals surface area contributed by atoms with Gasteiger partial charge in [0.2, 0.25) is 0 Å². The largest absolute Gasteiger partial charge is 0.494 e. The van der Waals surface area contributed by atoms with Gasteiger partial charge in [-0.1, -0.05) is 6.92 Å². The molecule has 1 aliphatic heterocycles. The van der Waals surface area contributed by atoms with Crippen molar-refractivity contribution in [2.45, 2.75) is 97.7 Å². The number of anilines is 1. The topological polar surface area (TPSA) is 126 Å². The molecule has 240 valence electrons. The van der Waals surface area contributed by atoms with Crippen molar-refractivity contribution < 1.29 is 18.7 Å². The number of rotatable bonds is 16. The van der Waals surface area contributed by atoms with Crippen LogP contribution in [-0.2, 0) is 9.05 Å². The van der Waals surface area contributed by atoms with Crippen LogP contribution in [0.2, 0.25) is 0 Å². The molecule has 0 saturated heterocycles. The Labute approximate surface area is 263 Å². The van der Waals surface area contributed by atoms with Crippen LogP contribution in [0.15, 0.2) is 46.6 Å². The van der Waals surface area contributed by atoms with Gasteiger partial charge in [-0.05, 0) is 90.5 Å². The number of nitriles is 1. The van der Waals surface area contributed by atoms with Gasteiger partial charge in [0.1, 0.15) is 11.4 Å². The van der Waals surface area contributed by atoms with Gasteiger partial charge in [0.25, 0.3) is 14.2 Å². The second-order valence-corrected chi connectivity index (χ2v) is 13.7. The summed E-state index contributed by atoms with van der Waals surface area (Å²) in [5, 5.41) is 28.7. The molecule has 0 spiro atoms. The summed E-state index contributed by atoms with van der Waals surface area (Å²) in [6.07, 6.45) is 3.14. The zero-order valence-electron chi connectivity index (χ0n) is 27.3. The molecule has 2 aromatic rings. The van der Waals surface area contributed by atoms with Crippen molar-refractivity contribution in [3.8, 4) is 11.8 Å². The summed E-state index contributed by atoms with van der Waals surface area (Å²) >= 11 is 0. The Morgan fingerprint density at radius 3 is 2.36 bits per heavy atom. The number of non-ortho nitro benzene ring substituents is 1. The molecule has 2 aromatic carbocycles. The maximum atomic E-state index is 11.0. The van der Waals surface area contributed by atoms with Crippen LogP contribution in [-0.4, -0.2) is 54.1 Å². The standard InChI is InChI=1S/C32H47N6O5P/c1-23(2)37(24(3)4)44(43-19-11-16-33)42-18-10-9-17-36-30-21-31(41-8)29(20-28(30)25(5)22-32(36,6)7)35-34-26-12-14-27(15-13-26)38(39)40/h12-15,20-21,23-25H,9-11,17-19,22H2,1-8H3. The van der Waals surface area contributed by atoms with E-state index in [1.165, 1.54) is 17.7 Å². The number of azo groups is 1. The van der Waals surface area contributed by atoms with Gasteiger partial charge in [-0.15, -0.1) is 5.11 Å². The normalized spacial score (nSPS) is 16.9. The molecule has 0 fully saturated rings. The van der Waals surface area contributed by atoms with Gasteiger partial charge in [-0.25, -0.2) is 4.67 Å². The van der Waals surface area contributed by atoms with Crippen LogP contribution in [0.5, 0.6) is 5.75 Å². The summed E-state index contributed by atoms with van der Waals surface area (Å²) in [6.45, 7) is 17.2. The van der Waals surface area contributed by atoms with Crippen molar-refractivity contribution in [2.75, 3.05) is 31.8 Å². The van der Waals surface area contributed by atoms with E-state index in [0.717, 1.165) is 31.5 Å². The number of nitro groups is 1. The Bertz CT molecular complexity index is 1300. The number of ether oxygens (including phenoxy) is 1. The van der Waals surface area contributed by atoms with Crippen LogP contribution in [0.3, 0.4) is 0 Å². The van der Waals surface area contributed by atoms with Gasteiger partial charge in [0, 0.05) is 48.1 Å². The summed E-state index contributed by atoms with van der Waals surface area (Å²) in [7, 11) is 0.380. The molecule has 12 heteroatoms. The second-order valence-electron chi connectivity index (χ2n) is 12.2. The highest BCUT2D eigenvalue weighted by Gasteiger charge is 2.37. The second kappa shape index (κ2) is 16.2. The Balaban J connectivity index is 1.73. The number of nitrogens with zero attached hydrogens (tertiary/aromatic N) is 6. The number of hydrogen-bond acceptors (Lipinski definition) is 10. The number of methoxy groups -OCH3 is 1. The van der Waals surface area contributed by atoms with Crippen LogP contribution in [0, 0.1) is 21.4 Å². The van der Waals surface area contributed by atoms with Gasteiger partial charge in [0.15, 0.2) is 0 Å². The van der Waals surface area contributed by atoms with Gasteiger partial charge < -0.3 is 18.7 Å². The van der Waals surface area contributed by atoms with E-state index in [1.54, 1.807) is 19.2 Å². The average Bonchev–Trinajstić information content (AvgIpc) is 2.96. The quantitative estimate of drug-likeness (QED) is 0.0593.